The molecule has 5 nitrogen and oxygen atoms in total. The number of aromatic nitrogens is 1. The lowest BCUT2D eigenvalue weighted by atomic mass is 10.0. The van der Waals surface area contributed by atoms with Crippen molar-refractivity contribution >= 4 is 16.8 Å². The van der Waals surface area contributed by atoms with Crippen LogP contribution < -0.4 is 5.43 Å². The molecule has 268 valence electrons. The number of carbonyl (C=O) groups excluding carboxylic acids is 1. The fourth-order valence-corrected chi connectivity index (χ4v) is 6.34. The normalized spacial score (nSPS) is 11.8. The molecule has 0 aliphatic rings. The Labute approximate surface area is 294 Å². The van der Waals surface area contributed by atoms with Crippen molar-refractivity contribution in [1.82, 2.24) is 14.4 Å². The van der Waals surface area contributed by atoms with Gasteiger partial charge in [0.2, 0.25) is 5.91 Å². The second kappa shape index (κ2) is 16.5. The maximum Gasteiger partial charge on any atom is 0.416 e. The minimum absolute atomic E-state index is 0.0826. The van der Waals surface area contributed by atoms with Crippen LogP contribution in [0.3, 0.4) is 0 Å². The van der Waals surface area contributed by atoms with E-state index in [0.29, 0.717) is 22.2 Å². The lowest BCUT2D eigenvalue weighted by Gasteiger charge is -2.22. The first-order valence-corrected chi connectivity index (χ1v) is 17.2. The number of rotatable bonds is 14. The molecule has 1 heterocycles. The van der Waals surface area contributed by atoms with Crippen LogP contribution in [0, 0.1) is 11.6 Å². The Morgan fingerprint density at radius 3 is 2.08 bits per heavy atom. The minimum atomic E-state index is -4.41. The zero-order valence-electron chi connectivity index (χ0n) is 29.1. The van der Waals surface area contributed by atoms with Gasteiger partial charge < -0.3 is 14.4 Å². The molecule has 0 radical (unpaired) electrons. The summed E-state index contributed by atoms with van der Waals surface area (Å²) in [4.78, 5) is 31.0. The van der Waals surface area contributed by atoms with E-state index in [9.17, 15) is 31.5 Å². The van der Waals surface area contributed by atoms with E-state index in [0.717, 1.165) is 67.4 Å². The Bertz CT molecular complexity index is 2020. The number of alkyl halides is 3. The molecule has 0 N–H and O–H groups in total. The van der Waals surface area contributed by atoms with Crippen molar-refractivity contribution < 1.29 is 26.7 Å². The van der Waals surface area contributed by atoms with E-state index in [1.165, 1.54) is 30.3 Å². The molecule has 0 bridgehead atoms. The van der Waals surface area contributed by atoms with Gasteiger partial charge in [-0.25, -0.2) is 8.78 Å². The largest absolute Gasteiger partial charge is 0.416 e. The van der Waals surface area contributed by atoms with Crippen LogP contribution in [0.5, 0.6) is 0 Å². The smallest absolute Gasteiger partial charge is 0.340 e. The Morgan fingerprint density at radius 1 is 0.784 bits per heavy atom. The fourth-order valence-electron chi connectivity index (χ4n) is 6.34. The average molecular weight is 704 g/mol. The number of nitrogens with zero attached hydrogens (tertiary/aromatic N) is 3. The summed E-state index contributed by atoms with van der Waals surface area (Å²) in [5.41, 5.74) is 3.65. The van der Waals surface area contributed by atoms with Gasteiger partial charge in [-0.3, -0.25) is 9.59 Å². The van der Waals surface area contributed by atoms with Crippen LogP contribution in [-0.2, 0) is 43.3 Å². The monoisotopic (exact) mass is 703 g/mol. The van der Waals surface area contributed by atoms with Crippen LogP contribution >= 0.6 is 0 Å². The standard InChI is InChI=1S/C41H42F5N3O2/c1-4-48(5-2)23-7-8-28-13-22-35-37(24-28)49(34(25-38(35)50)21-18-32-9-6-10-36(42)40(32)43)27-39(51)47(3)26-29-11-14-30(15-12-29)31-16-19-33(20-17-31)41(44,45)46/h6,9-17,19-20,22,24-25H,4-5,7-8,18,21,23,26-27H2,1-3H3. The third-order valence-corrected chi connectivity index (χ3v) is 9.42. The molecule has 0 saturated carbocycles. The summed E-state index contributed by atoms with van der Waals surface area (Å²) < 4.78 is 69.3. The van der Waals surface area contributed by atoms with E-state index in [-0.39, 0.29) is 42.8 Å². The van der Waals surface area contributed by atoms with Gasteiger partial charge in [0.25, 0.3) is 0 Å². The van der Waals surface area contributed by atoms with Crippen molar-refractivity contribution in [3.8, 4) is 11.1 Å². The van der Waals surface area contributed by atoms with Crippen LogP contribution in [-0.4, -0.2) is 47.0 Å². The van der Waals surface area contributed by atoms with Crippen molar-refractivity contribution in [2.75, 3.05) is 26.7 Å². The van der Waals surface area contributed by atoms with Crippen LogP contribution in [0.2, 0.25) is 0 Å². The second-order valence-electron chi connectivity index (χ2n) is 12.8. The lowest BCUT2D eigenvalue weighted by molar-refractivity contribution is -0.137. The molecule has 4 aromatic carbocycles. The van der Waals surface area contributed by atoms with Crippen molar-refractivity contribution in [2.45, 2.75) is 58.8 Å². The summed E-state index contributed by atoms with van der Waals surface area (Å²) in [6, 6.07) is 23.4. The van der Waals surface area contributed by atoms with Gasteiger partial charge >= 0.3 is 6.18 Å². The Hall–Kier alpha value is -4.83. The van der Waals surface area contributed by atoms with Crippen molar-refractivity contribution in [1.29, 1.82) is 0 Å². The van der Waals surface area contributed by atoms with E-state index >= 15 is 0 Å². The fraction of sp³-hybridized carbons (Fsp3) is 0.317. The van der Waals surface area contributed by atoms with E-state index in [1.54, 1.807) is 30.1 Å². The highest BCUT2D eigenvalue weighted by Crippen LogP contribution is 2.31. The predicted molar refractivity (Wildman–Crippen MR) is 191 cm³/mol. The first-order chi connectivity index (χ1) is 24.4. The Balaban J connectivity index is 1.39. The maximum atomic E-state index is 14.6. The molecule has 10 heteroatoms. The molecular weight excluding hydrogens is 661 g/mol. The molecule has 5 rings (SSSR count). The van der Waals surface area contributed by atoms with E-state index in [2.05, 4.69) is 18.7 Å². The van der Waals surface area contributed by atoms with Gasteiger partial charge in [0.1, 0.15) is 6.54 Å². The number of likely N-dealkylation sites (N-methyl/N-ethyl adjacent to an activating group) is 1. The number of amides is 1. The van der Waals surface area contributed by atoms with Gasteiger partial charge in [-0.15, -0.1) is 0 Å². The van der Waals surface area contributed by atoms with E-state index in [4.69, 9.17) is 0 Å². The van der Waals surface area contributed by atoms with E-state index < -0.39 is 23.4 Å². The molecule has 51 heavy (non-hydrogen) atoms. The summed E-state index contributed by atoms with van der Waals surface area (Å²) in [6.45, 7) is 7.30. The summed E-state index contributed by atoms with van der Waals surface area (Å²) in [5, 5.41) is 0.470. The summed E-state index contributed by atoms with van der Waals surface area (Å²) >= 11 is 0. The highest BCUT2D eigenvalue weighted by Gasteiger charge is 2.30. The minimum Gasteiger partial charge on any atom is -0.340 e. The topological polar surface area (TPSA) is 45.6 Å². The van der Waals surface area contributed by atoms with Crippen LogP contribution in [0.25, 0.3) is 22.0 Å². The van der Waals surface area contributed by atoms with Crippen LogP contribution in [0.1, 0.15) is 48.2 Å². The number of carbonyl (C=O) groups is 1. The molecule has 0 fully saturated rings. The zero-order chi connectivity index (χ0) is 36.7. The van der Waals surface area contributed by atoms with Crippen molar-refractivity contribution in [2.24, 2.45) is 0 Å². The number of aryl methyl sites for hydroxylation is 3. The molecular formula is C41H42F5N3O2. The first kappa shape index (κ1) is 37.4. The lowest BCUT2D eigenvalue weighted by Crippen LogP contribution is -2.31. The van der Waals surface area contributed by atoms with Gasteiger partial charge in [-0.1, -0.05) is 68.4 Å². The number of hydrogen-bond acceptors (Lipinski definition) is 3. The molecule has 0 aliphatic carbocycles. The Kier molecular flexibility index (Phi) is 12.1. The SMILES string of the molecule is CCN(CC)CCCc1ccc2c(=O)cc(CCc3cccc(F)c3F)n(CC(=O)N(C)Cc3ccc(-c4ccc(C(F)(F)F)cc4)cc3)c2c1. The molecule has 5 aromatic rings. The zero-order valence-corrected chi connectivity index (χ0v) is 29.1. The van der Waals surface area contributed by atoms with E-state index in [1.807, 2.05) is 28.8 Å². The highest BCUT2D eigenvalue weighted by molar-refractivity contribution is 5.83. The van der Waals surface area contributed by atoms with Gasteiger partial charge in [0.15, 0.2) is 17.1 Å². The van der Waals surface area contributed by atoms with Gasteiger partial charge in [-0.05, 0) is 103 Å². The molecule has 0 atom stereocenters. The second-order valence-corrected chi connectivity index (χ2v) is 12.8. The summed E-state index contributed by atoms with van der Waals surface area (Å²) in [5.74, 6) is -2.10. The van der Waals surface area contributed by atoms with Crippen molar-refractivity contribution in [3.05, 3.63) is 141 Å². The van der Waals surface area contributed by atoms with Crippen LogP contribution in [0.4, 0.5) is 22.0 Å². The van der Waals surface area contributed by atoms with Gasteiger partial charge in [0, 0.05) is 30.7 Å². The number of hydrogen-bond donors (Lipinski definition) is 0. The number of halogens is 5. The Morgan fingerprint density at radius 2 is 1.43 bits per heavy atom. The third kappa shape index (κ3) is 9.29. The van der Waals surface area contributed by atoms with Gasteiger partial charge in [0.05, 0.1) is 11.1 Å². The third-order valence-electron chi connectivity index (χ3n) is 9.42. The molecule has 0 unspecified atom stereocenters. The molecule has 0 saturated heterocycles. The van der Waals surface area contributed by atoms with Crippen molar-refractivity contribution in [3.63, 3.8) is 0 Å². The maximum absolute atomic E-state index is 14.6. The quantitative estimate of drug-likeness (QED) is 0.109. The first-order valence-electron chi connectivity index (χ1n) is 17.2. The number of pyridine rings is 1. The molecule has 0 aliphatic heterocycles. The predicted octanol–water partition coefficient (Wildman–Crippen LogP) is 8.68. The molecule has 0 spiro atoms. The molecule has 1 aromatic heterocycles. The summed E-state index contributed by atoms with van der Waals surface area (Å²) in [6.07, 6.45) is -2.35. The van der Waals surface area contributed by atoms with Gasteiger partial charge in [-0.2, -0.15) is 13.2 Å². The summed E-state index contributed by atoms with van der Waals surface area (Å²) in [7, 11) is 1.68. The average Bonchev–Trinajstić information content (AvgIpc) is 3.12. The highest BCUT2D eigenvalue weighted by atomic mass is 19.4. The number of fused-ring (bicyclic) bond motifs is 1. The molecule has 1 amide bonds. The van der Waals surface area contributed by atoms with Crippen LogP contribution in [0.15, 0.2) is 95.8 Å². The number of benzene rings is 4.